The normalized spacial score (nSPS) is 19.0. The number of hydrazone groups is 1. The van der Waals surface area contributed by atoms with Gasteiger partial charge in [0.05, 0.1) is 0 Å². The molecule has 0 aliphatic heterocycles. The first-order valence-electron chi connectivity index (χ1n) is 6.03. The number of hydrogen-bond acceptors (Lipinski definition) is 3. The van der Waals surface area contributed by atoms with Crippen molar-refractivity contribution in [3.63, 3.8) is 0 Å². The zero-order chi connectivity index (χ0) is 12.8. The van der Waals surface area contributed by atoms with Crippen LogP contribution in [0.1, 0.15) is 29.6 Å². The molecule has 94 valence electrons. The lowest BCUT2D eigenvalue weighted by Crippen LogP contribution is -2.18. The molecule has 0 saturated carbocycles. The lowest BCUT2D eigenvalue weighted by atomic mass is 9.96. The van der Waals surface area contributed by atoms with Crippen LogP contribution < -0.4 is 5.43 Å². The van der Waals surface area contributed by atoms with Crippen LogP contribution in [0.2, 0.25) is 0 Å². The van der Waals surface area contributed by atoms with Crippen LogP contribution in [0, 0.1) is 5.92 Å². The minimum atomic E-state index is -0.266. The largest absolute Gasteiger partial charge is 0.508 e. The number of amides is 1. The molecule has 2 N–H and O–H groups in total. The molecule has 0 spiro atoms. The van der Waals surface area contributed by atoms with Gasteiger partial charge in [-0.2, -0.15) is 5.10 Å². The number of nitrogens with one attached hydrogen (secondary N) is 1. The van der Waals surface area contributed by atoms with E-state index in [-0.39, 0.29) is 11.7 Å². The summed E-state index contributed by atoms with van der Waals surface area (Å²) in [6.07, 6.45) is 9.24. The predicted octanol–water partition coefficient (Wildman–Crippen LogP) is 2.46. The molecule has 1 aromatic carbocycles. The summed E-state index contributed by atoms with van der Waals surface area (Å²) in [7, 11) is 0. The van der Waals surface area contributed by atoms with E-state index in [1.807, 2.05) is 0 Å². The molecular weight excluding hydrogens is 228 g/mol. The number of benzene rings is 1. The summed E-state index contributed by atoms with van der Waals surface area (Å²) < 4.78 is 0. The van der Waals surface area contributed by atoms with Gasteiger partial charge >= 0.3 is 0 Å². The molecule has 0 bridgehead atoms. The van der Waals surface area contributed by atoms with Crippen molar-refractivity contribution >= 4 is 12.1 Å². The highest BCUT2D eigenvalue weighted by atomic mass is 16.3. The minimum Gasteiger partial charge on any atom is -0.508 e. The molecule has 1 atom stereocenters. The molecule has 0 saturated heterocycles. The molecule has 2 rings (SSSR count). The minimum absolute atomic E-state index is 0.143. The van der Waals surface area contributed by atoms with E-state index in [2.05, 4.69) is 22.7 Å². The maximum atomic E-state index is 11.7. The molecule has 4 nitrogen and oxygen atoms in total. The number of aromatic hydroxyl groups is 1. The number of carbonyl (C=O) groups excluding carboxylic acids is 1. The van der Waals surface area contributed by atoms with Crippen molar-refractivity contribution in [3.05, 3.63) is 42.0 Å². The summed E-state index contributed by atoms with van der Waals surface area (Å²) in [5, 5.41) is 13.1. The molecule has 1 aromatic rings. The van der Waals surface area contributed by atoms with E-state index < -0.39 is 0 Å². The molecule has 1 unspecified atom stereocenters. The lowest BCUT2D eigenvalue weighted by Gasteiger charge is -2.11. The Balaban J connectivity index is 1.86. The Morgan fingerprint density at radius 1 is 1.33 bits per heavy atom. The second-order valence-corrected chi connectivity index (χ2v) is 4.31. The highest BCUT2D eigenvalue weighted by molar-refractivity contribution is 5.94. The van der Waals surface area contributed by atoms with Gasteiger partial charge in [-0.3, -0.25) is 4.79 Å². The van der Waals surface area contributed by atoms with Gasteiger partial charge in [0.1, 0.15) is 5.75 Å². The molecule has 0 aromatic heterocycles. The molecule has 1 amide bonds. The van der Waals surface area contributed by atoms with Crippen molar-refractivity contribution in [2.75, 3.05) is 0 Å². The highest BCUT2D eigenvalue weighted by Crippen LogP contribution is 2.15. The third-order valence-corrected chi connectivity index (χ3v) is 2.89. The van der Waals surface area contributed by atoms with Crippen molar-refractivity contribution in [1.29, 1.82) is 0 Å². The smallest absolute Gasteiger partial charge is 0.271 e. The fourth-order valence-electron chi connectivity index (χ4n) is 1.83. The summed E-state index contributed by atoms with van der Waals surface area (Å²) in [6.45, 7) is 0. The van der Waals surface area contributed by atoms with Gasteiger partial charge < -0.3 is 5.11 Å². The molecule has 4 heteroatoms. The van der Waals surface area contributed by atoms with Gasteiger partial charge in [0.15, 0.2) is 0 Å². The number of phenols is 1. The summed E-state index contributed by atoms with van der Waals surface area (Å²) in [5.41, 5.74) is 2.97. The van der Waals surface area contributed by atoms with Gasteiger partial charge in [-0.25, -0.2) is 5.43 Å². The first-order chi connectivity index (χ1) is 8.75. The van der Waals surface area contributed by atoms with Crippen LogP contribution in [0.3, 0.4) is 0 Å². The van der Waals surface area contributed by atoms with Gasteiger partial charge in [-0.05, 0) is 49.4 Å². The third-order valence-electron chi connectivity index (χ3n) is 2.89. The Morgan fingerprint density at radius 3 is 2.78 bits per heavy atom. The van der Waals surface area contributed by atoms with Crippen molar-refractivity contribution < 1.29 is 9.90 Å². The van der Waals surface area contributed by atoms with Crippen molar-refractivity contribution in [2.45, 2.75) is 19.3 Å². The van der Waals surface area contributed by atoms with Gasteiger partial charge in [0, 0.05) is 11.8 Å². The molecule has 18 heavy (non-hydrogen) atoms. The fourth-order valence-corrected chi connectivity index (χ4v) is 1.83. The van der Waals surface area contributed by atoms with Gasteiger partial charge in [-0.15, -0.1) is 0 Å². The maximum Gasteiger partial charge on any atom is 0.271 e. The van der Waals surface area contributed by atoms with E-state index in [4.69, 9.17) is 5.11 Å². The molecule has 0 heterocycles. The number of rotatable bonds is 3. The van der Waals surface area contributed by atoms with Gasteiger partial charge in [0.2, 0.25) is 0 Å². The SMILES string of the molecule is O=C(NN=CC1CC=CCC1)c1ccc(O)cc1. The molecular formula is C14H16N2O2. The molecule has 1 aliphatic rings. The van der Waals surface area contributed by atoms with Gasteiger partial charge in [0.25, 0.3) is 5.91 Å². The summed E-state index contributed by atoms with van der Waals surface area (Å²) in [5.74, 6) is 0.289. The lowest BCUT2D eigenvalue weighted by molar-refractivity contribution is 0.0955. The fraction of sp³-hybridized carbons (Fsp3) is 0.286. The average Bonchev–Trinajstić information content (AvgIpc) is 2.40. The average molecular weight is 244 g/mol. The van der Waals surface area contributed by atoms with Crippen molar-refractivity contribution in [1.82, 2.24) is 5.43 Å². The van der Waals surface area contributed by atoms with Crippen LogP contribution in [0.15, 0.2) is 41.5 Å². The zero-order valence-electron chi connectivity index (χ0n) is 10.0. The Hall–Kier alpha value is -2.10. The van der Waals surface area contributed by atoms with E-state index in [1.165, 1.54) is 12.1 Å². The van der Waals surface area contributed by atoms with Crippen LogP contribution in [0.5, 0.6) is 5.75 Å². The van der Waals surface area contributed by atoms with Crippen molar-refractivity contribution in [3.8, 4) is 5.75 Å². The first-order valence-corrected chi connectivity index (χ1v) is 6.03. The van der Waals surface area contributed by atoms with Crippen LogP contribution >= 0.6 is 0 Å². The van der Waals surface area contributed by atoms with Crippen LogP contribution in [0.25, 0.3) is 0 Å². The van der Waals surface area contributed by atoms with E-state index in [0.29, 0.717) is 11.5 Å². The Labute approximate surface area is 106 Å². The third kappa shape index (κ3) is 3.45. The molecule has 0 fully saturated rings. The number of carbonyl (C=O) groups is 1. The number of allylic oxidation sites excluding steroid dienone is 2. The summed E-state index contributed by atoms with van der Waals surface area (Å²) >= 11 is 0. The second-order valence-electron chi connectivity index (χ2n) is 4.31. The zero-order valence-corrected chi connectivity index (χ0v) is 10.0. The predicted molar refractivity (Wildman–Crippen MR) is 70.5 cm³/mol. The van der Waals surface area contributed by atoms with E-state index in [9.17, 15) is 4.79 Å². The molecule has 1 aliphatic carbocycles. The monoisotopic (exact) mass is 244 g/mol. The highest BCUT2D eigenvalue weighted by Gasteiger charge is 2.07. The van der Waals surface area contributed by atoms with E-state index >= 15 is 0 Å². The Morgan fingerprint density at radius 2 is 2.11 bits per heavy atom. The van der Waals surface area contributed by atoms with Crippen LogP contribution in [0.4, 0.5) is 0 Å². The number of hydrogen-bond donors (Lipinski definition) is 2. The van der Waals surface area contributed by atoms with E-state index in [1.54, 1.807) is 18.3 Å². The number of nitrogens with zero attached hydrogens (tertiary/aromatic N) is 1. The topological polar surface area (TPSA) is 61.7 Å². The maximum absolute atomic E-state index is 11.7. The van der Waals surface area contributed by atoms with Gasteiger partial charge in [-0.1, -0.05) is 12.2 Å². The number of phenolic OH excluding ortho intramolecular Hbond substituents is 1. The van der Waals surface area contributed by atoms with Crippen molar-refractivity contribution in [2.24, 2.45) is 11.0 Å². The van der Waals surface area contributed by atoms with E-state index in [0.717, 1.165) is 19.3 Å². The van der Waals surface area contributed by atoms with Crippen LogP contribution in [-0.2, 0) is 0 Å². The second kappa shape index (κ2) is 6.00. The Bertz CT molecular complexity index is 463. The summed E-state index contributed by atoms with van der Waals surface area (Å²) in [6, 6.07) is 6.07. The molecule has 0 radical (unpaired) electrons. The van der Waals surface area contributed by atoms with Crippen LogP contribution in [-0.4, -0.2) is 17.2 Å². The first kappa shape index (κ1) is 12.4. The summed E-state index contributed by atoms with van der Waals surface area (Å²) in [4.78, 5) is 11.7. The standard InChI is InChI=1S/C14H16N2O2/c17-13-8-6-12(7-9-13)14(18)16-15-10-11-4-2-1-3-5-11/h1-2,6-11,17H,3-5H2,(H,16,18). The Kier molecular flexibility index (Phi) is 4.12. The quantitative estimate of drug-likeness (QED) is 0.487.